The molecule has 0 heterocycles. The molecule has 5 heteroatoms. The summed E-state index contributed by atoms with van der Waals surface area (Å²) in [6.45, 7) is 0. The smallest absolute Gasteiger partial charge is 0.177 e. The maximum atomic E-state index is 8.77. The molecule has 0 amide bonds. The third kappa shape index (κ3) is 8.32. The zero-order valence-electron chi connectivity index (χ0n) is 5.70. The lowest BCUT2D eigenvalue weighted by Gasteiger charge is -1.99. The highest BCUT2D eigenvalue weighted by molar-refractivity contribution is 7.33. The number of halogens is 2. The number of hydrogen-bond acceptors (Lipinski definition) is 2. The molecule has 1 atom stereocenters. The molecule has 0 aliphatic heterocycles. The monoisotopic (exact) mass is 213 g/mol. The summed E-state index contributed by atoms with van der Waals surface area (Å²) in [6, 6.07) is 0. The zero-order valence-corrected chi connectivity index (χ0v) is 8.11. The van der Waals surface area contributed by atoms with E-state index in [2.05, 4.69) is 6.08 Å². The van der Waals surface area contributed by atoms with E-state index in [-0.39, 0.29) is 5.88 Å². The predicted octanol–water partition coefficient (Wildman–Crippen LogP) is 1.82. The molecule has 0 fully saturated rings. The van der Waals surface area contributed by atoms with Crippen LogP contribution in [0.15, 0.2) is 6.08 Å². The number of aliphatic hydroxyl groups excluding tert-OH is 1. The third-order valence-corrected chi connectivity index (χ3v) is 1.70. The van der Waals surface area contributed by atoms with E-state index in [0.29, 0.717) is 14.3 Å². The minimum absolute atomic E-state index is 0.0732. The lowest BCUT2D eigenvalue weighted by molar-refractivity contribution is 0.0177. The van der Waals surface area contributed by atoms with Crippen molar-refractivity contribution >= 4 is 37.4 Å². The summed E-state index contributed by atoms with van der Waals surface area (Å²) in [5.41, 5.74) is 0. The number of aliphatic hydroxyl groups is 1. The predicted molar refractivity (Wildman–Crippen MR) is 49.3 cm³/mol. The van der Waals surface area contributed by atoms with Crippen molar-refractivity contribution in [3.05, 3.63) is 12.2 Å². The van der Waals surface area contributed by atoms with Gasteiger partial charge in [-0.05, 0) is 11.9 Å². The van der Waals surface area contributed by atoms with Gasteiger partial charge in [0, 0.05) is 5.88 Å². The van der Waals surface area contributed by atoms with Crippen LogP contribution in [0.2, 0.25) is 0 Å². The van der Waals surface area contributed by atoms with Gasteiger partial charge in [0.15, 0.2) is 6.29 Å². The van der Waals surface area contributed by atoms with Gasteiger partial charge in [-0.25, -0.2) is 0 Å². The van der Waals surface area contributed by atoms with E-state index in [9.17, 15) is 0 Å². The second-order valence-electron chi connectivity index (χ2n) is 1.47. The Morgan fingerprint density at radius 2 is 2.36 bits per heavy atom. The average molecular weight is 214 g/mol. The van der Waals surface area contributed by atoms with Gasteiger partial charge in [0.1, 0.15) is 0 Å². The lowest BCUT2D eigenvalue weighted by atomic mass is 10.6. The molecule has 0 spiro atoms. The molecular formula is C6H8Cl2O2P. The number of rotatable bonds is 5. The number of allylic oxidation sites excluding steroid dienone is 2. The molecule has 0 aromatic rings. The fourth-order valence-electron chi connectivity index (χ4n) is 0.261. The van der Waals surface area contributed by atoms with Gasteiger partial charge < -0.3 is 5.11 Å². The quantitative estimate of drug-likeness (QED) is 0.429. The molecule has 63 valence electrons. The molecule has 0 rings (SSSR count). The molecule has 1 N–H and O–H groups in total. The normalized spacial score (nSPS) is 14.8. The van der Waals surface area contributed by atoms with Crippen LogP contribution in [0.25, 0.3) is 0 Å². The minimum Gasteiger partial charge on any atom is -0.366 e. The van der Waals surface area contributed by atoms with Gasteiger partial charge in [-0.15, -0.1) is 23.2 Å². The van der Waals surface area contributed by atoms with Gasteiger partial charge >= 0.3 is 0 Å². The molecule has 0 aliphatic carbocycles. The molecule has 0 saturated carbocycles. The van der Waals surface area contributed by atoms with Crippen molar-refractivity contribution in [2.75, 3.05) is 11.8 Å². The summed E-state index contributed by atoms with van der Waals surface area (Å²) >= 11 is 10.5. The Labute approximate surface area is 77.6 Å². The van der Waals surface area contributed by atoms with Crippen molar-refractivity contribution in [3.8, 4) is 0 Å². The highest BCUT2D eigenvalue weighted by Crippen LogP contribution is 2.02. The molecule has 2 nitrogen and oxygen atoms in total. The van der Waals surface area contributed by atoms with Crippen LogP contribution in [-0.4, -0.2) is 29.0 Å². The largest absolute Gasteiger partial charge is 0.366 e. The van der Waals surface area contributed by atoms with Gasteiger partial charge in [0.25, 0.3) is 0 Å². The molecular weight excluding hydrogens is 206 g/mol. The molecule has 1 radical (unpaired) electrons. The van der Waals surface area contributed by atoms with E-state index in [1.54, 1.807) is 11.9 Å². The summed E-state index contributed by atoms with van der Waals surface area (Å²) in [7, 11) is 0.541. The molecule has 0 saturated heterocycles. The minimum atomic E-state index is -0.904. The van der Waals surface area contributed by atoms with Crippen molar-refractivity contribution < 1.29 is 9.63 Å². The fraction of sp³-hybridized carbons (Fsp3) is 0.500. The molecule has 0 bridgehead atoms. The van der Waals surface area contributed by atoms with Crippen LogP contribution in [0.5, 0.6) is 0 Å². The van der Waals surface area contributed by atoms with Gasteiger partial charge in [-0.1, -0.05) is 6.08 Å². The highest BCUT2D eigenvalue weighted by Gasteiger charge is 1.96. The van der Waals surface area contributed by atoms with Crippen molar-refractivity contribution in [2.24, 2.45) is 0 Å². The van der Waals surface area contributed by atoms with Gasteiger partial charge in [-0.2, -0.15) is 0 Å². The van der Waals surface area contributed by atoms with E-state index >= 15 is 0 Å². The second-order valence-corrected chi connectivity index (χ2v) is 2.77. The summed E-state index contributed by atoms with van der Waals surface area (Å²) in [5.74, 6) is 2.09. The number of alkyl halides is 2. The Bertz CT molecular complexity index is 139. The van der Waals surface area contributed by atoms with Gasteiger partial charge in [-0.3, -0.25) is 4.52 Å². The van der Waals surface area contributed by atoms with Crippen molar-refractivity contribution in [2.45, 2.75) is 6.29 Å². The first kappa shape index (κ1) is 11.4. The van der Waals surface area contributed by atoms with Crippen LogP contribution in [0, 0.1) is 6.08 Å². The van der Waals surface area contributed by atoms with Crippen LogP contribution in [0.1, 0.15) is 0 Å². The molecule has 0 aromatic heterocycles. The van der Waals surface area contributed by atoms with E-state index < -0.39 is 6.29 Å². The Kier molecular flexibility index (Phi) is 8.82. The van der Waals surface area contributed by atoms with E-state index in [1.165, 1.54) is 0 Å². The van der Waals surface area contributed by atoms with Crippen LogP contribution < -0.4 is 0 Å². The van der Waals surface area contributed by atoms with Crippen molar-refractivity contribution in [1.29, 1.82) is 0 Å². The van der Waals surface area contributed by atoms with Crippen LogP contribution in [0.3, 0.4) is 0 Å². The molecule has 11 heavy (non-hydrogen) atoms. The van der Waals surface area contributed by atoms with Gasteiger partial charge in [0.05, 0.1) is 14.3 Å². The van der Waals surface area contributed by atoms with Crippen LogP contribution in [0.4, 0.5) is 0 Å². The lowest BCUT2D eigenvalue weighted by Crippen LogP contribution is -2.06. The standard InChI is InChI=1S/C6H8Cl2O2P/c7-3-1-2-4-11-10-6(9)5-8/h2,4,6,9H,3,5H2. The number of hydrogen-bond donors (Lipinski definition) is 1. The maximum Gasteiger partial charge on any atom is 0.177 e. The Morgan fingerprint density at radius 1 is 1.64 bits per heavy atom. The molecule has 0 aromatic carbocycles. The maximum absolute atomic E-state index is 8.77. The zero-order chi connectivity index (χ0) is 8.53. The first-order valence-corrected chi connectivity index (χ1v) is 4.80. The Hall–Kier alpha value is 0.410. The van der Waals surface area contributed by atoms with Crippen LogP contribution >= 0.6 is 31.6 Å². The van der Waals surface area contributed by atoms with E-state index in [1.807, 2.05) is 0 Å². The average Bonchev–Trinajstić information content (AvgIpc) is 2.04. The third-order valence-electron chi connectivity index (χ3n) is 0.645. The van der Waals surface area contributed by atoms with Crippen LogP contribution in [-0.2, 0) is 4.52 Å². The SMILES string of the molecule is OC(CCl)OP=C/C=[C]/CCl. The Morgan fingerprint density at radius 3 is 2.91 bits per heavy atom. The van der Waals surface area contributed by atoms with Gasteiger partial charge in [0.2, 0.25) is 0 Å². The fourth-order valence-corrected chi connectivity index (χ4v) is 0.953. The summed E-state index contributed by atoms with van der Waals surface area (Å²) in [4.78, 5) is 0. The van der Waals surface area contributed by atoms with Crippen molar-refractivity contribution in [3.63, 3.8) is 0 Å². The first-order valence-electron chi connectivity index (χ1n) is 2.85. The molecule has 1 unspecified atom stereocenters. The van der Waals surface area contributed by atoms with E-state index in [0.717, 1.165) is 0 Å². The Balaban J connectivity index is 3.36. The topological polar surface area (TPSA) is 29.5 Å². The first-order chi connectivity index (χ1) is 5.31. The summed E-state index contributed by atoms with van der Waals surface area (Å²) in [5, 5.41) is 8.77. The van der Waals surface area contributed by atoms with E-state index in [4.69, 9.17) is 32.8 Å². The van der Waals surface area contributed by atoms with Crippen molar-refractivity contribution in [1.82, 2.24) is 0 Å². The summed E-state index contributed by atoms with van der Waals surface area (Å²) in [6.07, 6.45) is 3.45. The second kappa shape index (κ2) is 8.51. The highest BCUT2D eigenvalue weighted by atomic mass is 35.5. The molecule has 0 aliphatic rings. The summed E-state index contributed by atoms with van der Waals surface area (Å²) < 4.78 is 4.76.